The van der Waals surface area contributed by atoms with Gasteiger partial charge in [0.1, 0.15) is 0 Å². The third-order valence-electron chi connectivity index (χ3n) is 0.760. The quantitative estimate of drug-likeness (QED) is 0.457. The van der Waals surface area contributed by atoms with Gasteiger partial charge in [-0.05, 0) is 4.57 Å². The van der Waals surface area contributed by atoms with Crippen molar-refractivity contribution in [1.82, 2.24) is 0 Å². The first-order valence-electron chi connectivity index (χ1n) is 2.74. The summed E-state index contributed by atoms with van der Waals surface area (Å²) in [6.07, 6.45) is 0.0853. The van der Waals surface area contributed by atoms with Crippen molar-refractivity contribution < 1.29 is 18.7 Å². The highest BCUT2D eigenvalue weighted by atomic mass is 31.1. The zero-order chi connectivity index (χ0) is 8.15. The van der Waals surface area contributed by atoms with Crippen LogP contribution in [0.4, 0.5) is 0 Å². The molecular weight excluding hydrogens is 155 g/mol. The van der Waals surface area contributed by atoms with Crippen molar-refractivity contribution in [2.75, 3.05) is 6.66 Å². The van der Waals surface area contributed by atoms with Crippen molar-refractivity contribution >= 4 is 19.8 Å². The van der Waals surface area contributed by atoms with Gasteiger partial charge in [0.25, 0.3) is 0 Å². The molecule has 0 aliphatic rings. The summed E-state index contributed by atoms with van der Waals surface area (Å²) in [6.45, 7) is 2.75. The summed E-state index contributed by atoms with van der Waals surface area (Å²) in [5.74, 6) is -1.66. The van der Waals surface area contributed by atoms with Crippen molar-refractivity contribution in [2.24, 2.45) is 0 Å². The van der Waals surface area contributed by atoms with E-state index in [9.17, 15) is 14.2 Å². The molecule has 0 bridgehead atoms. The van der Waals surface area contributed by atoms with E-state index in [0.29, 0.717) is 0 Å². The SMILES string of the molecule is CCC(=O)C(=O)O[P+](C)=O. The minimum Gasteiger partial charge on any atom is -0.287 e. The molecule has 0 N–H and O–H groups in total. The maximum Gasteiger partial charge on any atom is 0.556 e. The molecule has 4 nitrogen and oxygen atoms in total. The van der Waals surface area contributed by atoms with E-state index in [4.69, 9.17) is 0 Å². The number of carbonyl (C=O) groups is 2. The monoisotopic (exact) mass is 163 g/mol. The van der Waals surface area contributed by atoms with Crippen LogP contribution in [-0.4, -0.2) is 18.4 Å². The van der Waals surface area contributed by atoms with Crippen LogP contribution in [0.25, 0.3) is 0 Å². The average Bonchev–Trinajstić information content (AvgIpc) is 1.85. The van der Waals surface area contributed by atoms with Gasteiger partial charge in [0.2, 0.25) is 5.78 Å². The summed E-state index contributed by atoms with van der Waals surface area (Å²) in [6, 6.07) is 0. The maximum absolute atomic E-state index is 10.4. The van der Waals surface area contributed by atoms with Gasteiger partial charge in [-0.2, -0.15) is 0 Å². The van der Waals surface area contributed by atoms with Crippen molar-refractivity contribution in [1.29, 1.82) is 0 Å². The van der Waals surface area contributed by atoms with Gasteiger partial charge in [0.15, 0.2) is 6.66 Å². The predicted molar refractivity (Wildman–Crippen MR) is 34.9 cm³/mol. The van der Waals surface area contributed by atoms with Gasteiger partial charge in [-0.15, -0.1) is 0 Å². The van der Waals surface area contributed by atoms with E-state index in [1.807, 2.05) is 0 Å². The Morgan fingerprint density at radius 2 is 2.00 bits per heavy atom. The number of Topliss-reactive ketones (excluding diaryl/α,β-unsaturated/α-hetero) is 1. The lowest BCUT2D eigenvalue weighted by Crippen LogP contribution is -2.12. The summed E-state index contributed by atoms with van der Waals surface area (Å²) < 4.78 is 14.4. The summed E-state index contributed by atoms with van der Waals surface area (Å²) in [7, 11) is -2.00. The minimum atomic E-state index is -2.00. The van der Waals surface area contributed by atoms with Crippen LogP contribution in [0.3, 0.4) is 0 Å². The van der Waals surface area contributed by atoms with E-state index in [1.54, 1.807) is 0 Å². The molecule has 0 amide bonds. The van der Waals surface area contributed by atoms with Crippen LogP contribution in [0.15, 0.2) is 0 Å². The maximum atomic E-state index is 10.4. The molecule has 1 atom stereocenters. The Balaban J connectivity index is 3.86. The molecule has 0 aliphatic carbocycles. The largest absolute Gasteiger partial charge is 0.556 e. The molecule has 0 aromatic rings. The number of rotatable bonds is 3. The van der Waals surface area contributed by atoms with Crippen LogP contribution >= 0.6 is 8.03 Å². The van der Waals surface area contributed by atoms with Gasteiger partial charge in [-0.3, -0.25) is 4.79 Å². The van der Waals surface area contributed by atoms with Crippen LogP contribution in [0, 0.1) is 0 Å². The minimum absolute atomic E-state index is 0.0853. The molecule has 0 rings (SSSR count). The second-order valence-corrected chi connectivity index (χ2v) is 2.66. The first-order chi connectivity index (χ1) is 4.57. The zero-order valence-corrected chi connectivity index (χ0v) is 6.68. The van der Waals surface area contributed by atoms with E-state index < -0.39 is 19.8 Å². The first-order valence-corrected chi connectivity index (χ1v) is 4.36. The van der Waals surface area contributed by atoms with Crippen LogP contribution < -0.4 is 0 Å². The fraction of sp³-hybridized carbons (Fsp3) is 0.600. The second kappa shape index (κ2) is 4.12. The van der Waals surface area contributed by atoms with E-state index in [1.165, 1.54) is 13.6 Å². The van der Waals surface area contributed by atoms with Crippen molar-refractivity contribution in [2.45, 2.75) is 13.3 Å². The van der Waals surface area contributed by atoms with E-state index >= 15 is 0 Å². The molecule has 0 aliphatic heterocycles. The third-order valence-corrected chi connectivity index (χ3v) is 1.18. The molecule has 0 saturated carbocycles. The zero-order valence-electron chi connectivity index (χ0n) is 5.79. The van der Waals surface area contributed by atoms with E-state index in [2.05, 4.69) is 4.52 Å². The Kier molecular flexibility index (Phi) is 3.81. The highest BCUT2D eigenvalue weighted by Gasteiger charge is 2.21. The molecule has 10 heavy (non-hydrogen) atoms. The molecule has 0 radical (unpaired) electrons. The van der Waals surface area contributed by atoms with Crippen LogP contribution in [0.1, 0.15) is 13.3 Å². The van der Waals surface area contributed by atoms with Gasteiger partial charge < -0.3 is 0 Å². The normalized spacial score (nSPS) is 10.4. The number of ketones is 1. The Bertz CT molecular complexity index is 174. The Morgan fingerprint density at radius 3 is 2.30 bits per heavy atom. The summed E-state index contributed by atoms with van der Waals surface area (Å²) in [5.41, 5.74) is 0. The van der Waals surface area contributed by atoms with E-state index in [-0.39, 0.29) is 6.42 Å². The number of carbonyl (C=O) groups excluding carboxylic acids is 2. The van der Waals surface area contributed by atoms with Crippen molar-refractivity contribution in [3.63, 3.8) is 0 Å². The summed E-state index contributed by atoms with van der Waals surface area (Å²) in [4.78, 5) is 20.9. The summed E-state index contributed by atoms with van der Waals surface area (Å²) in [5, 5.41) is 0. The topological polar surface area (TPSA) is 60.4 Å². The summed E-state index contributed by atoms with van der Waals surface area (Å²) >= 11 is 0. The lowest BCUT2D eigenvalue weighted by Gasteiger charge is -1.85. The molecule has 0 fully saturated rings. The lowest BCUT2D eigenvalue weighted by molar-refractivity contribution is -0.146. The smallest absolute Gasteiger partial charge is 0.287 e. The lowest BCUT2D eigenvalue weighted by atomic mass is 10.3. The van der Waals surface area contributed by atoms with Crippen molar-refractivity contribution in [3.8, 4) is 0 Å². The molecule has 0 heterocycles. The standard InChI is InChI=1S/C5H8O4P/c1-3-4(6)5(7)9-10(2)8/h3H2,1-2H3/q+1. The fourth-order valence-electron chi connectivity index (χ4n) is 0.312. The van der Waals surface area contributed by atoms with Gasteiger partial charge in [-0.25, -0.2) is 9.32 Å². The average molecular weight is 163 g/mol. The highest BCUT2D eigenvalue weighted by molar-refractivity contribution is 7.38. The van der Waals surface area contributed by atoms with Crippen LogP contribution in [-0.2, 0) is 18.7 Å². The molecule has 0 spiro atoms. The number of hydrogen-bond donors (Lipinski definition) is 0. The highest BCUT2D eigenvalue weighted by Crippen LogP contribution is 2.15. The molecule has 0 aromatic carbocycles. The molecular formula is C5H8O4P+. The van der Waals surface area contributed by atoms with Gasteiger partial charge in [0, 0.05) is 6.42 Å². The van der Waals surface area contributed by atoms with Gasteiger partial charge in [-0.1, -0.05) is 6.92 Å². The van der Waals surface area contributed by atoms with Crippen LogP contribution in [0.2, 0.25) is 0 Å². The van der Waals surface area contributed by atoms with E-state index in [0.717, 1.165) is 0 Å². The first kappa shape index (κ1) is 9.24. The molecule has 0 saturated heterocycles. The Labute approximate surface area is 59.4 Å². The molecule has 56 valence electrons. The number of hydrogen-bond acceptors (Lipinski definition) is 4. The van der Waals surface area contributed by atoms with Crippen LogP contribution in [0.5, 0.6) is 0 Å². The van der Waals surface area contributed by atoms with Crippen molar-refractivity contribution in [3.05, 3.63) is 0 Å². The third kappa shape index (κ3) is 3.30. The fourth-order valence-corrected chi connectivity index (χ4v) is 0.647. The molecule has 1 unspecified atom stereocenters. The van der Waals surface area contributed by atoms with Gasteiger partial charge >= 0.3 is 14.0 Å². The Morgan fingerprint density at radius 1 is 1.50 bits per heavy atom. The second-order valence-electron chi connectivity index (χ2n) is 1.60. The molecule has 5 heteroatoms. The Hall–Kier alpha value is -0.760. The van der Waals surface area contributed by atoms with Gasteiger partial charge in [0.05, 0.1) is 0 Å². The molecule has 0 aromatic heterocycles. The predicted octanol–water partition coefficient (Wildman–Crippen LogP) is 0.881.